The maximum Gasteiger partial charge on any atom is 0.573 e. The van der Waals surface area contributed by atoms with Crippen molar-refractivity contribution in [1.82, 2.24) is 5.32 Å². The van der Waals surface area contributed by atoms with E-state index in [0.29, 0.717) is 5.75 Å². The van der Waals surface area contributed by atoms with Crippen molar-refractivity contribution >= 4 is 17.8 Å². The molecule has 0 heterocycles. The molecule has 0 aromatic heterocycles. The highest BCUT2D eigenvalue weighted by Gasteiger charge is 2.31. The second-order valence-electron chi connectivity index (χ2n) is 5.25. The quantitative estimate of drug-likeness (QED) is 0.754. The molecule has 148 valence electrons. The molecule has 0 radical (unpaired) electrons. The molecule has 0 bridgehead atoms. The number of ether oxygens (including phenoxy) is 3. The fourth-order valence-electron chi connectivity index (χ4n) is 1.98. The lowest BCUT2D eigenvalue weighted by Gasteiger charge is -2.09. The minimum Gasteiger partial charge on any atom is -0.497 e. The third-order valence-corrected chi connectivity index (χ3v) is 3.26. The van der Waals surface area contributed by atoms with Crippen molar-refractivity contribution in [2.24, 2.45) is 0 Å². The van der Waals surface area contributed by atoms with Crippen LogP contribution in [0.15, 0.2) is 48.5 Å². The number of methoxy groups -OCH3 is 1. The molecule has 0 saturated heterocycles. The van der Waals surface area contributed by atoms with Crippen LogP contribution in [0.1, 0.15) is 20.7 Å². The van der Waals surface area contributed by atoms with Crippen molar-refractivity contribution in [3.63, 3.8) is 0 Å². The van der Waals surface area contributed by atoms with Gasteiger partial charge >= 0.3 is 12.3 Å². The van der Waals surface area contributed by atoms with Crippen LogP contribution in [0.3, 0.4) is 0 Å². The molecule has 1 N–H and O–H groups in total. The predicted octanol–water partition coefficient (Wildman–Crippen LogP) is 2.71. The van der Waals surface area contributed by atoms with Gasteiger partial charge in [-0.25, -0.2) is 4.79 Å². The van der Waals surface area contributed by atoms with Crippen molar-refractivity contribution in [1.29, 1.82) is 0 Å². The summed E-state index contributed by atoms with van der Waals surface area (Å²) < 4.78 is 49.6. The third-order valence-electron chi connectivity index (χ3n) is 3.26. The van der Waals surface area contributed by atoms with E-state index in [1.807, 2.05) is 5.32 Å². The fourth-order valence-corrected chi connectivity index (χ4v) is 1.98. The summed E-state index contributed by atoms with van der Waals surface area (Å²) in [5.74, 6) is -2.50. The van der Waals surface area contributed by atoms with Gasteiger partial charge in [-0.1, -0.05) is 0 Å². The Morgan fingerprint density at radius 2 is 1.43 bits per heavy atom. The van der Waals surface area contributed by atoms with Gasteiger partial charge in [0.15, 0.2) is 6.61 Å². The maximum atomic E-state index is 12.1. The Morgan fingerprint density at radius 1 is 0.893 bits per heavy atom. The monoisotopic (exact) mass is 397 g/mol. The standard InChI is InChI=1S/C18H14F3NO6/c1-26-13-6-2-11(3-7-13)16(24)22-15(23)10-27-17(25)12-4-8-14(9-5-12)28-18(19,20)21/h2-9H,10H2,1H3,(H,22,23,24). The Balaban J connectivity index is 1.84. The largest absolute Gasteiger partial charge is 0.573 e. The maximum absolute atomic E-state index is 12.1. The molecule has 0 saturated carbocycles. The fraction of sp³-hybridized carbons (Fsp3) is 0.167. The molecule has 0 atom stereocenters. The topological polar surface area (TPSA) is 90.9 Å². The molecule has 0 aliphatic heterocycles. The summed E-state index contributed by atoms with van der Waals surface area (Å²) in [5, 5.41) is 2.03. The summed E-state index contributed by atoms with van der Waals surface area (Å²) in [6.07, 6.45) is -4.85. The van der Waals surface area contributed by atoms with Crippen LogP contribution < -0.4 is 14.8 Å². The lowest BCUT2D eigenvalue weighted by Crippen LogP contribution is -2.34. The average molecular weight is 397 g/mol. The van der Waals surface area contributed by atoms with Gasteiger partial charge < -0.3 is 14.2 Å². The molecule has 0 fully saturated rings. The highest BCUT2D eigenvalue weighted by atomic mass is 19.4. The van der Waals surface area contributed by atoms with Gasteiger partial charge in [-0.05, 0) is 48.5 Å². The molecule has 2 aromatic carbocycles. The van der Waals surface area contributed by atoms with E-state index in [4.69, 9.17) is 9.47 Å². The Bertz CT molecular complexity index is 847. The number of nitrogens with one attached hydrogen (secondary N) is 1. The van der Waals surface area contributed by atoms with E-state index >= 15 is 0 Å². The summed E-state index contributed by atoms with van der Waals surface area (Å²) in [4.78, 5) is 35.4. The van der Waals surface area contributed by atoms with Crippen LogP contribution in [-0.2, 0) is 9.53 Å². The average Bonchev–Trinajstić information content (AvgIpc) is 2.65. The van der Waals surface area contributed by atoms with E-state index < -0.39 is 36.5 Å². The normalized spacial score (nSPS) is 10.7. The number of carbonyl (C=O) groups excluding carboxylic acids is 3. The Hall–Kier alpha value is -3.56. The van der Waals surface area contributed by atoms with Crippen molar-refractivity contribution in [2.45, 2.75) is 6.36 Å². The molecule has 0 aliphatic carbocycles. The number of esters is 1. The number of carbonyl (C=O) groups is 3. The molecule has 0 spiro atoms. The smallest absolute Gasteiger partial charge is 0.497 e. The SMILES string of the molecule is COc1ccc(C(=O)NC(=O)COC(=O)c2ccc(OC(F)(F)F)cc2)cc1. The molecule has 2 amide bonds. The van der Waals surface area contributed by atoms with Gasteiger partial charge in [-0.3, -0.25) is 14.9 Å². The van der Waals surface area contributed by atoms with E-state index in [-0.39, 0.29) is 11.1 Å². The lowest BCUT2D eigenvalue weighted by molar-refractivity contribution is -0.274. The van der Waals surface area contributed by atoms with Crippen molar-refractivity contribution in [2.75, 3.05) is 13.7 Å². The van der Waals surface area contributed by atoms with Crippen molar-refractivity contribution in [3.8, 4) is 11.5 Å². The molecule has 10 heteroatoms. The number of imide groups is 1. The first-order chi connectivity index (χ1) is 13.2. The first kappa shape index (κ1) is 20.7. The second-order valence-corrected chi connectivity index (χ2v) is 5.25. The molecular formula is C18H14F3NO6. The Labute approximate surface area is 157 Å². The summed E-state index contributed by atoms with van der Waals surface area (Å²) in [7, 11) is 1.46. The summed E-state index contributed by atoms with van der Waals surface area (Å²) >= 11 is 0. The zero-order valence-electron chi connectivity index (χ0n) is 14.4. The predicted molar refractivity (Wildman–Crippen MR) is 88.9 cm³/mol. The number of hydrogen-bond donors (Lipinski definition) is 1. The molecule has 28 heavy (non-hydrogen) atoms. The molecule has 2 rings (SSSR count). The van der Waals surface area contributed by atoms with E-state index in [0.717, 1.165) is 24.3 Å². The van der Waals surface area contributed by atoms with Gasteiger partial charge in [-0.15, -0.1) is 13.2 Å². The zero-order chi connectivity index (χ0) is 20.7. The van der Waals surface area contributed by atoms with Gasteiger partial charge in [-0.2, -0.15) is 0 Å². The van der Waals surface area contributed by atoms with Crippen molar-refractivity contribution < 1.29 is 41.8 Å². The van der Waals surface area contributed by atoms with Gasteiger partial charge in [0, 0.05) is 5.56 Å². The highest BCUT2D eigenvalue weighted by molar-refractivity contribution is 6.05. The molecule has 2 aromatic rings. The first-order valence-corrected chi connectivity index (χ1v) is 7.69. The number of rotatable bonds is 6. The van der Waals surface area contributed by atoms with Gasteiger partial charge in [0.1, 0.15) is 11.5 Å². The Kier molecular flexibility index (Phi) is 6.59. The van der Waals surface area contributed by atoms with Crippen LogP contribution in [0, 0.1) is 0 Å². The van der Waals surface area contributed by atoms with Gasteiger partial charge in [0.25, 0.3) is 11.8 Å². The van der Waals surface area contributed by atoms with E-state index in [2.05, 4.69) is 4.74 Å². The first-order valence-electron chi connectivity index (χ1n) is 7.69. The van der Waals surface area contributed by atoms with Crippen LogP contribution in [0.2, 0.25) is 0 Å². The number of amides is 2. The third kappa shape index (κ3) is 6.31. The van der Waals surface area contributed by atoms with Crippen LogP contribution in [-0.4, -0.2) is 37.9 Å². The molecule has 0 aliphatic rings. The van der Waals surface area contributed by atoms with E-state index in [9.17, 15) is 27.6 Å². The molecule has 7 nitrogen and oxygen atoms in total. The van der Waals surface area contributed by atoms with Gasteiger partial charge in [0.2, 0.25) is 0 Å². The summed E-state index contributed by atoms with van der Waals surface area (Å²) in [6.45, 7) is -0.748. The van der Waals surface area contributed by atoms with E-state index in [1.54, 1.807) is 0 Å². The number of halogens is 3. The van der Waals surface area contributed by atoms with Gasteiger partial charge in [0.05, 0.1) is 12.7 Å². The van der Waals surface area contributed by atoms with E-state index in [1.165, 1.54) is 31.4 Å². The molecule has 0 unspecified atom stereocenters. The van der Waals surface area contributed by atoms with Crippen LogP contribution >= 0.6 is 0 Å². The number of alkyl halides is 3. The minimum absolute atomic E-state index is 0.0937. The Morgan fingerprint density at radius 3 is 1.96 bits per heavy atom. The summed E-state index contributed by atoms with van der Waals surface area (Å²) in [6, 6.07) is 9.90. The highest BCUT2D eigenvalue weighted by Crippen LogP contribution is 2.22. The van der Waals surface area contributed by atoms with Crippen molar-refractivity contribution in [3.05, 3.63) is 59.7 Å². The lowest BCUT2D eigenvalue weighted by atomic mass is 10.2. The zero-order valence-corrected chi connectivity index (χ0v) is 14.4. The molecular weight excluding hydrogens is 383 g/mol. The van der Waals surface area contributed by atoms with Crippen LogP contribution in [0.4, 0.5) is 13.2 Å². The summed E-state index contributed by atoms with van der Waals surface area (Å²) in [5.41, 5.74) is 0.101. The van der Waals surface area contributed by atoms with Crippen LogP contribution in [0.25, 0.3) is 0 Å². The number of hydrogen-bond acceptors (Lipinski definition) is 6. The van der Waals surface area contributed by atoms with Crippen LogP contribution in [0.5, 0.6) is 11.5 Å². The second kappa shape index (κ2) is 8.89. The minimum atomic E-state index is -4.85. The number of benzene rings is 2.